The first-order chi connectivity index (χ1) is 12.0. The molecule has 0 saturated heterocycles. The molecule has 2 aromatic carbocycles. The lowest BCUT2D eigenvalue weighted by Crippen LogP contribution is -2.22. The van der Waals surface area contributed by atoms with Crippen LogP contribution in [0.4, 0.5) is 18.9 Å². The van der Waals surface area contributed by atoms with E-state index in [0.29, 0.717) is 0 Å². The monoisotopic (exact) mass is 388 g/mol. The molecule has 0 bridgehead atoms. The normalized spacial score (nSPS) is 11.7. The van der Waals surface area contributed by atoms with Crippen LogP contribution in [0.1, 0.15) is 10.4 Å². The van der Waals surface area contributed by atoms with Crippen LogP contribution in [0.5, 0.6) is 5.75 Å². The van der Waals surface area contributed by atoms with Crippen molar-refractivity contribution in [3.05, 3.63) is 54.1 Å². The van der Waals surface area contributed by atoms with Crippen molar-refractivity contribution in [1.82, 2.24) is 4.90 Å². The summed E-state index contributed by atoms with van der Waals surface area (Å²) < 4.78 is 68.3. The Balaban J connectivity index is 2.36. The molecule has 0 radical (unpaired) electrons. The maximum Gasteiger partial charge on any atom is 0.573 e. The minimum absolute atomic E-state index is 0.0273. The molecule has 0 heterocycles. The number of anilines is 1. The van der Waals surface area contributed by atoms with Gasteiger partial charge < -0.3 is 9.64 Å². The second-order valence-electron chi connectivity index (χ2n) is 5.38. The SMILES string of the molecule is CN(C)C(=O)c1cccc(NS(=O)(=O)c2ccccc2OC(F)(F)F)c1. The molecule has 0 spiro atoms. The van der Waals surface area contributed by atoms with Gasteiger partial charge in [0.1, 0.15) is 10.6 Å². The second-order valence-corrected chi connectivity index (χ2v) is 7.03. The number of nitrogens with one attached hydrogen (secondary N) is 1. The van der Waals surface area contributed by atoms with Crippen LogP contribution in [-0.4, -0.2) is 39.7 Å². The van der Waals surface area contributed by atoms with Gasteiger partial charge in [-0.3, -0.25) is 9.52 Å². The second kappa shape index (κ2) is 7.24. The zero-order valence-corrected chi connectivity index (χ0v) is 14.6. The third kappa shape index (κ3) is 4.88. The summed E-state index contributed by atoms with van der Waals surface area (Å²) in [6.45, 7) is 0. The quantitative estimate of drug-likeness (QED) is 0.854. The first-order valence-electron chi connectivity index (χ1n) is 7.19. The van der Waals surface area contributed by atoms with Crippen molar-refractivity contribution < 1.29 is 31.1 Å². The number of alkyl halides is 3. The largest absolute Gasteiger partial charge is 0.573 e. The summed E-state index contributed by atoms with van der Waals surface area (Å²) in [5.74, 6) is -1.21. The Labute approximate surface area is 148 Å². The number of sulfonamides is 1. The van der Waals surface area contributed by atoms with E-state index in [1.54, 1.807) is 0 Å². The number of para-hydroxylation sites is 1. The van der Waals surface area contributed by atoms with Gasteiger partial charge in [-0.15, -0.1) is 13.2 Å². The first kappa shape index (κ1) is 19.6. The summed E-state index contributed by atoms with van der Waals surface area (Å²) >= 11 is 0. The van der Waals surface area contributed by atoms with Crippen molar-refractivity contribution >= 4 is 21.6 Å². The van der Waals surface area contributed by atoms with Crippen LogP contribution in [0, 0.1) is 0 Å². The standard InChI is InChI=1S/C16H15F3N2O4S/c1-21(2)15(22)11-6-5-7-12(10-11)20-26(23,24)14-9-4-3-8-13(14)25-16(17,18)19/h3-10,20H,1-2H3. The van der Waals surface area contributed by atoms with E-state index in [9.17, 15) is 26.4 Å². The van der Waals surface area contributed by atoms with Crippen LogP contribution in [0.3, 0.4) is 0 Å². The average molecular weight is 388 g/mol. The highest BCUT2D eigenvalue weighted by atomic mass is 32.2. The highest BCUT2D eigenvalue weighted by molar-refractivity contribution is 7.92. The predicted molar refractivity (Wildman–Crippen MR) is 88.4 cm³/mol. The van der Waals surface area contributed by atoms with Crippen molar-refractivity contribution in [3.63, 3.8) is 0 Å². The van der Waals surface area contributed by atoms with Gasteiger partial charge in [0.2, 0.25) is 0 Å². The van der Waals surface area contributed by atoms with Gasteiger partial charge in [-0.25, -0.2) is 8.42 Å². The van der Waals surface area contributed by atoms with Crippen molar-refractivity contribution in [3.8, 4) is 5.75 Å². The van der Waals surface area contributed by atoms with E-state index in [-0.39, 0.29) is 17.2 Å². The molecule has 0 aliphatic heterocycles. The molecular weight excluding hydrogens is 373 g/mol. The van der Waals surface area contributed by atoms with Crippen LogP contribution >= 0.6 is 0 Å². The fraction of sp³-hybridized carbons (Fsp3) is 0.188. The molecule has 1 amide bonds. The van der Waals surface area contributed by atoms with Crippen molar-refractivity contribution in [2.75, 3.05) is 18.8 Å². The summed E-state index contributed by atoms with van der Waals surface area (Å²) in [5.41, 5.74) is 0.245. The number of carbonyl (C=O) groups is 1. The van der Waals surface area contributed by atoms with E-state index in [1.165, 1.54) is 55.4 Å². The minimum atomic E-state index is -5.04. The summed E-state index contributed by atoms with van der Waals surface area (Å²) in [6, 6.07) is 9.96. The van der Waals surface area contributed by atoms with Gasteiger partial charge >= 0.3 is 6.36 Å². The molecule has 0 saturated carbocycles. The Hall–Kier alpha value is -2.75. The van der Waals surface area contributed by atoms with Gasteiger partial charge in [-0.2, -0.15) is 0 Å². The fourth-order valence-corrected chi connectivity index (χ4v) is 3.24. The molecule has 0 unspecified atom stereocenters. The molecule has 1 N–H and O–H groups in total. The third-order valence-corrected chi connectivity index (χ3v) is 4.55. The van der Waals surface area contributed by atoms with E-state index >= 15 is 0 Å². The third-order valence-electron chi connectivity index (χ3n) is 3.13. The Morgan fingerprint density at radius 1 is 1.08 bits per heavy atom. The van der Waals surface area contributed by atoms with E-state index < -0.39 is 27.0 Å². The summed E-state index contributed by atoms with van der Waals surface area (Å²) in [6.07, 6.45) is -5.04. The molecular formula is C16H15F3N2O4S. The van der Waals surface area contributed by atoms with Crippen LogP contribution in [-0.2, 0) is 10.0 Å². The smallest absolute Gasteiger partial charge is 0.404 e. The number of halogens is 3. The minimum Gasteiger partial charge on any atom is -0.404 e. The lowest BCUT2D eigenvalue weighted by atomic mass is 10.2. The topological polar surface area (TPSA) is 75.7 Å². The maximum atomic E-state index is 12.5. The van der Waals surface area contributed by atoms with Gasteiger partial charge in [0.15, 0.2) is 0 Å². The van der Waals surface area contributed by atoms with Crippen LogP contribution in [0.2, 0.25) is 0 Å². The number of carbonyl (C=O) groups excluding carboxylic acids is 1. The molecule has 140 valence electrons. The Bertz CT molecular complexity index is 912. The van der Waals surface area contributed by atoms with Crippen LogP contribution in [0.25, 0.3) is 0 Å². The molecule has 26 heavy (non-hydrogen) atoms. The van der Waals surface area contributed by atoms with Crippen molar-refractivity contribution in [2.45, 2.75) is 11.3 Å². The van der Waals surface area contributed by atoms with Gasteiger partial charge in [-0.05, 0) is 30.3 Å². The number of ether oxygens (including phenoxy) is 1. The Kier molecular flexibility index (Phi) is 5.45. The molecule has 0 fully saturated rings. The van der Waals surface area contributed by atoms with E-state index in [4.69, 9.17) is 0 Å². The molecule has 6 nitrogen and oxygen atoms in total. The van der Waals surface area contributed by atoms with E-state index in [1.807, 2.05) is 0 Å². The number of amides is 1. The zero-order valence-electron chi connectivity index (χ0n) is 13.7. The molecule has 0 aromatic heterocycles. The predicted octanol–water partition coefficient (Wildman–Crippen LogP) is 3.09. The average Bonchev–Trinajstić information content (AvgIpc) is 2.52. The van der Waals surface area contributed by atoms with Gasteiger partial charge in [0.25, 0.3) is 15.9 Å². The summed E-state index contributed by atoms with van der Waals surface area (Å²) in [4.78, 5) is 12.6. The summed E-state index contributed by atoms with van der Waals surface area (Å²) in [5, 5.41) is 0. The van der Waals surface area contributed by atoms with E-state index in [2.05, 4.69) is 9.46 Å². The number of nitrogens with zero attached hydrogens (tertiary/aromatic N) is 1. The van der Waals surface area contributed by atoms with Gasteiger partial charge in [-0.1, -0.05) is 18.2 Å². The fourth-order valence-electron chi connectivity index (χ4n) is 2.07. The lowest BCUT2D eigenvalue weighted by molar-refractivity contribution is -0.275. The van der Waals surface area contributed by atoms with Crippen LogP contribution < -0.4 is 9.46 Å². The highest BCUT2D eigenvalue weighted by Gasteiger charge is 2.34. The number of hydrogen-bond acceptors (Lipinski definition) is 4. The zero-order chi connectivity index (χ0) is 19.5. The molecule has 0 atom stereocenters. The van der Waals surface area contributed by atoms with Crippen LogP contribution in [0.15, 0.2) is 53.4 Å². The maximum absolute atomic E-state index is 12.5. The van der Waals surface area contributed by atoms with Crippen molar-refractivity contribution in [1.29, 1.82) is 0 Å². The number of rotatable bonds is 5. The van der Waals surface area contributed by atoms with Crippen molar-refractivity contribution in [2.24, 2.45) is 0 Å². The molecule has 2 rings (SSSR count). The molecule has 10 heteroatoms. The van der Waals surface area contributed by atoms with Gasteiger partial charge in [0, 0.05) is 25.3 Å². The summed E-state index contributed by atoms with van der Waals surface area (Å²) in [7, 11) is -1.32. The Morgan fingerprint density at radius 2 is 1.73 bits per heavy atom. The lowest BCUT2D eigenvalue weighted by Gasteiger charge is -2.15. The molecule has 0 aliphatic rings. The number of benzene rings is 2. The number of hydrogen-bond donors (Lipinski definition) is 1. The Morgan fingerprint density at radius 3 is 2.35 bits per heavy atom. The van der Waals surface area contributed by atoms with Gasteiger partial charge in [0.05, 0.1) is 0 Å². The molecule has 0 aliphatic carbocycles. The van der Waals surface area contributed by atoms with E-state index in [0.717, 1.165) is 12.1 Å². The molecule has 2 aromatic rings. The first-order valence-corrected chi connectivity index (χ1v) is 8.67. The highest BCUT2D eigenvalue weighted by Crippen LogP contribution is 2.30.